The Morgan fingerprint density at radius 2 is 1.92 bits per heavy atom. The van der Waals surface area contributed by atoms with Gasteiger partial charge in [0.1, 0.15) is 13.2 Å². The molecule has 1 aromatic heterocycles. The van der Waals surface area contributed by atoms with E-state index < -0.39 is 0 Å². The normalized spacial score (nSPS) is 17.9. The number of nitrogens with one attached hydrogen (secondary N) is 2. The van der Waals surface area contributed by atoms with Crippen LogP contribution in [0, 0.1) is 5.92 Å². The number of benzene rings is 1. The maximum absolute atomic E-state index is 12.5. The number of ether oxygens (including phenoxy) is 2. The van der Waals surface area contributed by atoms with Crippen molar-refractivity contribution in [1.82, 2.24) is 15.6 Å². The third kappa shape index (κ3) is 3.74. The van der Waals surface area contributed by atoms with Gasteiger partial charge in [-0.25, -0.2) is 4.79 Å². The Kier molecular flexibility index (Phi) is 4.65. The number of hydrogen-bond acceptors (Lipinski definition) is 4. The highest BCUT2D eigenvalue weighted by molar-refractivity contribution is 5.75. The van der Waals surface area contributed by atoms with E-state index >= 15 is 0 Å². The van der Waals surface area contributed by atoms with Crippen LogP contribution in [0.3, 0.4) is 0 Å². The summed E-state index contributed by atoms with van der Waals surface area (Å²) >= 11 is 0. The number of carbonyl (C=O) groups is 1. The molecule has 2 N–H and O–H groups in total. The lowest BCUT2D eigenvalue weighted by Gasteiger charge is -2.24. The Hall–Kier alpha value is -2.76. The van der Waals surface area contributed by atoms with Crippen LogP contribution in [0.5, 0.6) is 11.5 Å². The van der Waals surface area contributed by atoms with Gasteiger partial charge in [-0.1, -0.05) is 12.1 Å². The minimum absolute atomic E-state index is 0.0261. The number of hydrogen-bond donors (Lipinski definition) is 2. The predicted molar refractivity (Wildman–Crippen MR) is 97.2 cm³/mol. The molecule has 26 heavy (non-hydrogen) atoms. The Labute approximate surface area is 152 Å². The van der Waals surface area contributed by atoms with E-state index in [0.29, 0.717) is 19.1 Å². The zero-order chi connectivity index (χ0) is 17.9. The number of amides is 2. The molecule has 0 spiro atoms. The molecule has 2 amide bonds. The molecule has 2 aliphatic rings. The first kappa shape index (κ1) is 16.7. The number of nitrogens with zero attached hydrogens (tertiary/aromatic N) is 1. The van der Waals surface area contributed by atoms with E-state index in [1.165, 1.54) is 0 Å². The van der Waals surface area contributed by atoms with Gasteiger partial charge in [-0.2, -0.15) is 0 Å². The van der Waals surface area contributed by atoms with Gasteiger partial charge in [-0.3, -0.25) is 4.98 Å². The van der Waals surface area contributed by atoms with E-state index in [1.807, 2.05) is 43.3 Å². The lowest BCUT2D eigenvalue weighted by molar-refractivity contribution is 0.171. The molecule has 6 nitrogen and oxygen atoms in total. The van der Waals surface area contributed by atoms with Gasteiger partial charge in [-0.15, -0.1) is 0 Å². The maximum atomic E-state index is 12.5. The highest BCUT2D eigenvalue weighted by Gasteiger charge is 2.34. The average molecular weight is 353 g/mol. The summed E-state index contributed by atoms with van der Waals surface area (Å²) in [4.78, 5) is 16.8. The number of aromatic nitrogens is 1. The molecule has 4 rings (SSSR count). The Morgan fingerprint density at radius 1 is 1.12 bits per heavy atom. The fourth-order valence-electron chi connectivity index (χ4n) is 3.24. The third-order valence-electron chi connectivity index (χ3n) is 4.78. The van der Waals surface area contributed by atoms with E-state index in [-0.39, 0.29) is 18.1 Å². The quantitative estimate of drug-likeness (QED) is 0.864. The van der Waals surface area contributed by atoms with Crippen LogP contribution in [0.25, 0.3) is 0 Å². The number of urea groups is 1. The topological polar surface area (TPSA) is 72.5 Å². The second-order valence-electron chi connectivity index (χ2n) is 6.81. The van der Waals surface area contributed by atoms with Gasteiger partial charge >= 0.3 is 6.03 Å². The zero-order valence-electron chi connectivity index (χ0n) is 14.8. The van der Waals surface area contributed by atoms with Gasteiger partial charge < -0.3 is 20.1 Å². The molecule has 2 heterocycles. The summed E-state index contributed by atoms with van der Waals surface area (Å²) in [5, 5.41) is 6.10. The van der Waals surface area contributed by atoms with Crippen LogP contribution in [0.1, 0.15) is 43.1 Å². The fraction of sp³-hybridized carbons (Fsp3) is 0.400. The summed E-state index contributed by atoms with van der Waals surface area (Å²) < 4.78 is 11.3. The van der Waals surface area contributed by atoms with Crippen molar-refractivity contribution in [3.8, 4) is 11.5 Å². The molecular weight excluding hydrogens is 330 g/mol. The van der Waals surface area contributed by atoms with E-state index in [2.05, 4.69) is 15.6 Å². The van der Waals surface area contributed by atoms with E-state index in [4.69, 9.17) is 9.47 Å². The lowest BCUT2D eigenvalue weighted by Crippen LogP contribution is -2.40. The standard InChI is InChI=1S/C20H23N3O3/c1-13(16-4-2-3-9-21-16)22-20(24)23-19(14-5-6-14)15-7-8-17-18(12-15)26-11-10-25-17/h2-4,7-9,12-14,19H,5-6,10-11H2,1H3,(H2,22,23,24). The highest BCUT2D eigenvalue weighted by atomic mass is 16.6. The smallest absolute Gasteiger partial charge is 0.315 e. The third-order valence-corrected chi connectivity index (χ3v) is 4.78. The molecule has 1 saturated carbocycles. The maximum Gasteiger partial charge on any atom is 0.315 e. The summed E-state index contributed by atoms with van der Waals surface area (Å²) in [7, 11) is 0. The fourth-order valence-corrected chi connectivity index (χ4v) is 3.24. The molecule has 1 fully saturated rings. The molecule has 1 aromatic carbocycles. The first-order valence-electron chi connectivity index (χ1n) is 9.08. The van der Waals surface area contributed by atoms with Crippen molar-refractivity contribution in [3.05, 3.63) is 53.9 Å². The highest BCUT2D eigenvalue weighted by Crippen LogP contribution is 2.43. The molecular formula is C20H23N3O3. The largest absolute Gasteiger partial charge is 0.486 e. The van der Waals surface area contributed by atoms with Crippen molar-refractivity contribution in [2.24, 2.45) is 5.92 Å². The molecule has 0 bridgehead atoms. The van der Waals surface area contributed by atoms with Crippen molar-refractivity contribution >= 4 is 6.03 Å². The molecule has 136 valence electrons. The Morgan fingerprint density at radius 3 is 2.65 bits per heavy atom. The van der Waals surface area contributed by atoms with Crippen LogP contribution in [0.15, 0.2) is 42.6 Å². The molecule has 2 unspecified atom stereocenters. The van der Waals surface area contributed by atoms with Crippen LogP contribution in [0.2, 0.25) is 0 Å². The van der Waals surface area contributed by atoms with E-state index in [9.17, 15) is 4.79 Å². The van der Waals surface area contributed by atoms with E-state index in [1.54, 1.807) is 6.20 Å². The van der Waals surface area contributed by atoms with Gasteiger partial charge in [0.25, 0.3) is 0 Å². The van der Waals surface area contributed by atoms with Crippen molar-refractivity contribution in [3.63, 3.8) is 0 Å². The number of fused-ring (bicyclic) bond motifs is 1. The zero-order valence-corrected chi connectivity index (χ0v) is 14.8. The summed E-state index contributed by atoms with van der Waals surface area (Å²) in [5.74, 6) is 1.99. The predicted octanol–water partition coefficient (Wildman–Crippen LogP) is 3.36. The molecule has 2 aromatic rings. The summed E-state index contributed by atoms with van der Waals surface area (Å²) in [6, 6.07) is 11.2. The molecule has 0 saturated heterocycles. The lowest BCUT2D eigenvalue weighted by atomic mass is 10.0. The molecule has 6 heteroatoms. The van der Waals surface area contributed by atoms with Gasteiger partial charge in [0.2, 0.25) is 0 Å². The second-order valence-corrected chi connectivity index (χ2v) is 6.81. The van der Waals surface area contributed by atoms with Crippen LogP contribution in [0.4, 0.5) is 4.79 Å². The van der Waals surface area contributed by atoms with Gasteiger partial charge in [-0.05, 0) is 55.5 Å². The van der Waals surface area contributed by atoms with Crippen molar-refractivity contribution in [1.29, 1.82) is 0 Å². The monoisotopic (exact) mass is 353 g/mol. The molecule has 2 atom stereocenters. The van der Waals surface area contributed by atoms with Crippen LogP contribution >= 0.6 is 0 Å². The minimum atomic E-state index is -0.185. The van der Waals surface area contributed by atoms with Gasteiger partial charge in [0.15, 0.2) is 11.5 Å². The van der Waals surface area contributed by atoms with Crippen LogP contribution in [-0.2, 0) is 0 Å². The minimum Gasteiger partial charge on any atom is -0.486 e. The number of pyridine rings is 1. The van der Waals surface area contributed by atoms with Crippen molar-refractivity contribution in [2.75, 3.05) is 13.2 Å². The SMILES string of the molecule is CC(NC(=O)NC(c1ccc2c(c1)OCCO2)C1CC1)c1ccccn1. The molecule has 0 radical (unpaired) electrons. The van der Waals surface area contributed by atoms with E-state index in [0.717, 1.165) is 35.6 Å². The summed E-state index contributed by atoms with van der Waals surface area (Å²) in [6.07, 6.45) is 3.97. The number of rotatable bonds is 5. The van der Waals surface area contributed by atoms with Crippen molar-refractivity contribution in [2.45, 2.75) is 31.8 Å². The Bertz CT molecular complexity index is 777. The second kappa shape index (κ2) is 7.23. The van der Waals surface area contributed by atoms with Crippen molar-refractivity contribution < 1.29 is 14.3 Å². The van der Waals surface area contributed by atoms with Gasteiger partial charge in [0.05, 0.1) is 17.8 Å². The number of carbonyl (C=O) groups excluding carboxylic acids is 1. The summed E-state index contributed by atoms with van der Waals surface area (Å²) in [5.41, 5.74) is 1.89. The van der Waals surface area contributed by atoms with Crippen LogP contribution in [-0.4, -0.2) is 24.2 Å². The average Bonchev–Trinajstić information content (AvgIpc) is 3.51. The molecule has 1 aliphatic heterocycles. The van der Waals surface area contributed by atoms with Gasteiger partial charge in [0, 0.05) is 6.20 Å². The first-order valence-corrected chi connectivity index (χ1v) is 9.08. The van der Waals surface area contributed by atoms with Crippen LogP contribution < -0.4 is 20.1 Å². The summed E-state index contributed by atoms with van der Waals surface area (Å²) in [6.45, 7) is 3.06. The Balaban J connectivity index is 1.45. The first-order chi connectivity index (χ1) is 12.7. The molecule has 1 aliphatic carbocycles.